The standard InChI is InChI=1S/C23H29N3OS.ClH/c1-4-25(5-2)15-16-26(22(27)14-12-19-9-7-6-8-10-19)23-24-20-13-11-18(3)17-21(20)28-23;/h6-11,13,17H,4-5,12,14-16H2,1-3H3;1H. The molecule has 0 aliphatic rings. The number of hydrogen-bond acceptors (Lipinski definition) is 4. The third-order valence-electron chi connectivity index (χ3n) is 5.07. The number of benzene rings is 2. The average molecular weight is 432 g/mol. The van der Waals surface area contributed by atoms with Gasteiger partial charge < -0.3 is 4.90 Å². The van der Waals surface area contributed by atoms with Crippen molar-refractivity contribution in [3.8, 4) is 0 Å². The number of amides is 1. The van der Waals surface area contributed by atoms with Crippen molar-refractivity contribution in [1.29, 1.82) is 0 Å². The van der Waals surface area contributed by atoms with Crippen LogP contribution in [0.4, 0.5) is 5.13 Å². The summed E-state index contributed by atoms with van der Waals surface area (Å²) in [6.45, 7) is 9.91. The Labute approximate surface area is 184 Å². The Bertz CT molecular complexity index is 909. The summed E-state index contributed by atoms with van der Waals surface area (Å²) in [7, 11) is 0. The lowest BCUT2D eigenvalue weighted by atomic mass is 10.1. The number of carbonyl (C=O) groups is 1. The molecule has 0 N–H and O–H groups in total. The van der Waals surface area contributed by atoms with Crippen molar-refractivity contribution in [2.24, 2.45) is 0 Å². The molecule has 0 aliphatic carbocycles. The Kier molecular flexibility index (Phi) is 9.08. The van der Waals surface area contributed by atoms with E-state index in [0.29, 0.717) is 13.0 Å². The van der Waals surface area contributed by atoms with Crippen molar-refractivity contribution >= 4 is 45.0 Å². The first kappa shape index (κ1) is 23.3. The summed E-state index contributed by atoms with van der Waals surface area (Å²) in [6.07, 6.45) is 1.25. The number of fused-ring (bicyclic) bond motifs is 1. The first-order valence-corrected chi connectivity index (χ1v) is 10.9. The fourth-order valence-electron chi connectivity index (χ4n) is 3.27. The SMILES string of the molecule is CCN(CC)CCN(C(=O)CCc1ccccc1)c1nc2ccc(C)cc2s1.Cl. The van der Waals surface area contributed by atoms with E-state index in [1.165, 1.54) is 11.1 Å². The van der Waals surface area contributed by atoms with Crippen molar-refractivity contribution in [3.05, 3.63) is 59.7 Å². The normalized spacial score (nSPS) is 10.9. The molecule has 0 atom stereocenters. The van der Waals surface area contributed by atoms with Crippen LogP contribution in [-0.4, -0.2) is 42.0 Å². The Morgan fingerprint density at radius 1 is 1.03 bits per heavy atom. The molecule has 4 nitrogen and oxygen atoms in total. The van der Waals surface area contributed by atoms with Gasteiger partial charge in [0.1, 0.15) is 0 Å². The van der Waals surface area contributed by atoms with Gasteiger partial charge in [-0.2, -0.15) is 0 Å². The summed E-state index contributed by atoms with van der Waals surface area (Å²) in [6, 6.07) is 16.5. The second kappa shape index (κ2) is 11.3. The minimum absolute atomic E-state index is 0. The van der Waals surface area contributed by atoms with Gasteiger partial charge >= 0.3 is 0 Å². The number of aryl methyl sites for hydroxylation is 2. The second-order valence-corrected chi connectivity index (χ2v) is 8.03. The largest absolute Gasteiger partial charge is 0.302 e. The topological polar surface area (TPSA) is 36.4 Å². The van der Waals surface area contributed by atoms with Gasteiger partial charge in [0.15, 0.2) is 5.13 Å². The van der Waals surface area contributed by atoms with Crippen LogP contribution >= 0.6 is 23.7 Å². The Morgan fingerprint density at radius 3 is 2.45 bits per heavy atom. The lowest BCUT2D eigenvalue weighted by Crippen LogP contribution is -2.39. The molecule has 0 radical (unpaired) electrons. The van der Waals surface area contributed by atoms with E-state index in [1.54, 1.807) is 11.3 Å². The van der Waals surface area contributed by atoms with E-state index < -0.39 is 0 Å². The number of halogens is 1. The molecule has 3 rings (SSSR count). The fraction of sp³-hybridized carbons (Fsp3) is 0.391. The van der Waals surface area contributed by atoms with E-state index in [2.05, 4.69) is 49.9 Å². The van der Waals surface area contributed by atoms with Gasteiger partial charge in [-0.1, -0.05) is 61.6 Å². The predicted molar refractivity (Wildman–Crippen MR) is 127 cm³/mol. The summed E-state index contributed by atoms with van der Waals surface area (Å²) < 4.78 is 1.14. The van der Waals surface area contributed by atoms with Crippen LogP contribution in [0.2, 0.25) is 0 Å². The number of anilines is 1. The van der Waals surface area contributed by atoms with Crippen LogP contribution in [0.25, 0.3) is 10.2 Å². The van der Waals surface area contributed by atoms with E-state index in [1.807, 2.05) is 29.2 Å². The van der Waals surface area contributed by atoms with Crippen LogP contribution in [0.5, 0.6) is 0 Å². The summed E-state index contributed by atoms with van der Waals surface area (Å²) in [5.74, 6) is 0.145. The fourth-order valence-corrected chi connectivity index (χ4v) is 4.38. The van der Waals surface area contributed by atoms with Crippen LogP contribution in [0.15, 0.2) is 48.5 Å². The Hall–Kier alpha value is -1.95. The molecular weight excluding hydrogens is 402 g/mol. The summed E-state index contributed by atoms with van der Waals surface area (Å²) in [5.41, 5.74) is 3.38. The van der Waals surface area contributed by atoms with Crippen LogP contribution in [-0.2, 0) is 11.2 Å². The number of rotatable bonds is 9. The molecule has 0 fully saturated rings. The van der Waals surface area contributed by atoms with Crippen molar-refractivity contribution in [3.63, 3.8) is 0 Å². The quantitative estimate of drug-likeness (QED) is 0.459. The van der Waals surface area contributed by atoms with Crippen LogP contribution in [0.3, 0.4) is 0 Å². The minimum Gasteiger partial charge on any atom is -0.302 e. The zero-order chi connectivity index (χ0) is 19.9. The number of nitrogens with zero attached hydrogens (tertiary/aromatic N) is 3. The first-order chi connectivity index (χ1) is 13.6. The van der Waals surface area contributed by atoms with Crippen molar-refractivity contribution in [2.75, 3.05) is 31.1 Å². The number of hydrogen-bond donors (Lipinski definition) is 0. The van der Waals surface area contributed by atoms with Gasteiger partial charge in [-0.25, -0.2) is 4.98 Å². The van der Waals surface area contributed by atoms with Gasteiger partial charge in [0.05, 0.1) is 10.2 Å². The zero-order valence-corrected chi connectivity index (χ0v) is 19.1. The van der Waals surface area contributed by atoms with Gasteiger partial charge in [-0.05, 0) is 49.7 Å². The van der Waals surface area contributed by atoms with E-state index in [-0.39, 0.29) is 18.3 Å². The van der Waals surface area contributed by atoms with E-state index in [9.17, 15) is 4.79 Å². The van der Waals surface area contributed by atoms with Gasteiger partial charge in [0.2, 0.25) is 5.91 Å². The summed E-state index contributed by atoms with van der Waals surface area (Å²) in [4.78, 5) is 22.1. The third kappa shape index (κ3) is 6.26. The second-order valence-electron chi connectivity index (χ2n) is 7.03. The monoisotopic (exact) mass is 431 g/mol. The van der Waals surface area contributed by atoms with Gasteiger partial charge in [-0.15, -0.1) is 12.4 Å². The van der Waals surface area contributed by atoms with Crippen molar-refractivity contribution in [2.45, 2.75) is 33.6 Å². The molecule has 1 aromatic heterocycles. The molecule has 2 aromatic carbocycles. The van der Waals surface area contributed by atoms with Crippen LogP contribution < -0.4 is 4.90 Å². The summed E-state index contributed by atoms with van der Waals surface area (Å²) >= 11 is 1.61. The Morgan fingerprint density at radius 2 is 1.76 bits per heavy atom. The Balaban J connectivity index is 0.00000300. The van der Waals surface area contributed by atoms with Gasteiger partial charge in [-0.3, -0.25) is 9.69 Å². The molecule has 0 spiro atoms. The lowest BCUT2D eigenvalue weighted by Gasteiger charge is -2.24. The van der Waals surface area contributed by atoms with Crippen LogP contribution in [0.1, 0.15) is 31.4 Å². The minimum atomic E-state index is 0. The van der Waals surface area contributed by atoms with Crippen molar-refractivity contribution < 1.29 is 4.79 Å². The van der Waals surface area contributed by atoms with Crippen LogP contribution in [0, 0.1) is 6.92 Å². The number of likely N-dealkylation sites (N-methyl/N-ethyl adjacent to an activating group) is 1. The molecule has 29 heavy (non-hydrogen) atoms. The van der Waals surface area contributed by atoms with E-state index in [0.717, 1.165) is 41.4 Å². The highest BCUT2D eigenvalue weighted by atomic mass is 35.5. The average Bonchev–Trinajstić information content (AvgIpc) is 3.13. The highest BCUT2D eigenvalue weighted by molar-refractivity contribution is 7.22. The zero-order valence-electron chi connectivity index (χ0n) is 17.4. The first-order valence-electron chi connectivity index (χ1n) is 10.0. The molecular formula is C23H30ClN3OS. The maximum absolute atomic E-state index is 13.1. The number of aromatic nitrogens is 1. The molecule has 0 unspecified atom stereocenters. The highest BCUT2D eigenvalue weighted by Crippen LogP contribution is 2.30. The third-order valence-corrected chi connectivity index (χ3v) is 6.11. The summed E-state index contributed by atoms with van der Waals surface area (Å²) in [5, 5.41) is 0.811. The molecule has 0 saturated heterocycles. The highest BCUT2D eigenvalue weighted by Gasteiger charge is 2.20. The van der Waals surface area contributed by atoms with Gasteiger partial charge in [0, 0.05) is 19.5 Å². The number of thiazole rings is 1. The predicted octanol–water partition coefficient (Wildman–Crippen LogP) is 5.33. The number of carbonyl (C=O) groups excluding carboxylic acids is 1. The van der Waals surface area contributed by atoms with E-state index in [4.69, 9.17) is 4.98 Å². The van der Waals surface area contributed by atoms with E-state index >= 15 is 0 Å². The molecule has 156 valence electrons. The molecule has 6 heteroatoms. The molecule has 1 amide bonds. The van der Waals surface area contributed by atoms with Gasteiger partial charge in [0.25, 0.3) is 0 Å². The molecule has 0 saturated carbocycles. The smallest absolute Gasteiger partial charge is 0.229 e. The molecule has 0 aliphatic heterocycles. The molecule has 0 bridgehead atoms. The molecule has 3 aromatic rings. The maximum Gasteiger partial charge on any atom is 0.229 e. The molecule has 1 heterocycles. The maximum atomic E-state index is 13.1. The van der Waals surface area contributed by atoms with Crippen molar-refractivity contribution in [1.82, 2.24) is 9.88 Å². The lowest BCUT2D eigenvalue weighted by molar-refractivity contribution is -0.118.